The summed E-state index contributed by atoms with van der Waals surface area (Å²) in [7, 11) is 0. The quantitative estimate of drug-likeness (QED) is 0.622. The number of hydrogen-bond donors (Lipinski definition) is 3. The molecule has 0 aromatic rings. The molecule has 0 radical (unpaired) electrons. The summed E-state index contributed by atoms with van der Waals surface area (Å²) in [6, 6.07) is 0.289. The van der Waals surface area contributed by atoms with Crippen molar-refractivity contribution in [3.63, 3.8) is 0 Å². The topological polar surface area (TPSA) is 78.6 Å². The Morgan fingerprint density at radius 2 is 2.06 bits per heavy atom. The maximum Gasteiger partial charge on any atom is 0.234 e. The number of carbonyl (C=O) groups is 1. The summed E-state index contributed by atoms with van der Waals surface area (Å²) >= 11 is 0. The molecule has 0 aromatic heterocycles. The predicted molar refractivity (Wildman–Crippen MR) is 72.1 cm³/mol. The zero-order valence-corrected chi connectivity index (χ0v) is 11.6. The third kappa shape index (κ3) is 6.33. The van der Waals surface area contributed by atoms with Crippen LogP contribution in [-0.2, 0) is 4.79 Å². The lowest BCUT2D eigenvalue weighted by Gasteiger charge is -2.29. The van der Waals surface area contributed by atoms with E-state index in [1.54, 1.807) is 0 Å². The number of nitrogens with zero attached hydrogens (tertiary/aromatic N) is 1. The largest absolute Gasteiger partial charge is 0.391 e. The van der Waals surface area contributed by atoms with Crippen molar-refractivity contribution in [2.24, 2.45) is 11.7 Å². The van der Waals surface area contributed by atoms with E-state index in [1.165, 1.54) is 0 Å². The molecule has 1 aliphatic rings. The van der Waals surface area contributed by atoms with Gasteiger partial charge in [-0.15, -0.1) is 0 Å². The molecular formula is C13H27N3O2. The van der Waals surface area contributed by atoms with E-state index in [4.69, 9.17) is 5.73 Å². The smallest absolute Gasteiger partial charge is 0.234 e. The van der Waals surface area contributed by atoms with E-state index in [-0.39, 0.29) is 11.9 Å². The number of nitrogens with one attached hydrogen (secondary N) is 1. The van der Waals surface area contributed by atoms with Gasteiger partial charge in [0.15, 0.2) is 0 Å². The zero-order valence-electron chi connectivity index (χ0n) is 11.6. The Morgan fingerprint density at radius 3 is 2.61 bits per heavy atom. The molecule has 0 bridgehead atoms. The molecule has 5 nitrogen and oxygen atoms in total. The molecule has 1 atom stereocenters. The second kappa shape index (κ2) is 7.71. The summed E-state index contributed by atoms with van der Waals surface area (Å²) in [6.45, 7) is 6.67. The van der Waals surface area contributed by atoms with E-state index < -0.39 is 6.10 Å². The minimum Gasteiger partial charge on any atom is -0.391 e. The lowest BCUT2D eigenvalue weighted by atomic mass is 10.1. The lowest BCUT2D eigenvalue weighted by Crippen LogP contribution is -2.45. The van der Waals surface area contributed by atoms with Crippen molar-refractivity contribution in [2.45, 2.75) is 45.3 Å². The monoisotopic (exact) mass is 257 g/mol. The number of rotatable bonds is 6. The molecular weight excluding hydrogens is 230 g/mol. The van der Waals surface area contributed by atoms with Crippen LogP contribution in [0.4, 0.5) is 0 Å². The van der Waals surface area contributed by atoms with Gasteiger partial charge in [0.1, 0.15) is 0 Å². The second-order valence-electron chi connectivity index (χ2n) is 5.70. The van der Waals surface area contributed by atoms with Crippen LogP contribution in [0.1, 0.15) is 33.1 Å². The van der Waals surface area contributed by atoms with Crippen molar-refractivity contribution in [1.82, 2.24) is 10.2 Å². The molecule has 1 fully saturated rings. The van der Waals surface area contributed by atoms with Gasteiger partial charge in [0, 0.05) is 25.7 Å². The van der Waals surface area contributed by atoms with Gasteiger partial charge < -0.3 is 16.2 Å². The number of carbonyl (C=O) groups excluding carboxylic acids is 1. The molecule has 1 aliphatic heterocycles. The standard InChI is InChI=1S/C13H27N3O2/c1-10(2)7-12(17)8-15-13(18)9-16-5-3-11(14)4-6-16/h10-12,17H,3-9,14H2,1-2H3,(H,15,18). The van der Waals surface area contributed by atoms with Gasteiger partial charge in [0.25, 0.3) is 0 Å². The van der Waals surface area contributed by atoms with Crippen LogP contribution in [0, 0.1) is 5.92 Å². The van der Waals surface area contributed by atoms with Crippen molar-refractivity contribution < 1.29 is 9.90 Å². The molecule has 1 heterocycles. The first kappa shape index (κ1) is 15.4. The van der Waals surface area contributed by atoms with Crippen LogP contribution in [-0.4, -0.2) is 54.2 Å². The number of likely N-dealkylation sites (tertiary alicyclic amines) is 1. The van der Waals surface area contributed by atoms with E-state index >= 15 is 0 Å². The van der Waals surface area contributed by atoms with Crippen LogP contribution in [0.25, 0.3) is 0 Å². The minimum atomic E-state index is -0.441. The molecule has 1 saturated heterocycles. The van der Waals surface area contributed by atoms with Gasteiger partial charge in [-0.1, -0.05) is 13.8 Å². The maximum atomic E-state index is 11.7. The lowest BCUT2D eigenvalue weighted by molar-refractivity contribution is -0.123. The molecule has 0 aliphatic carbocycles. The highest BCUT2D eigenvalue weighted by molar-refractivity contribution is 5.78. The summed E-state index contributed by atoms with van der Waals surface area (Å²) in [5.41, 5.74) is 5.81. The van der Waals surface area contributed by atoms with E-state index in [2.05, 4.69) is 24.1 Å². The molecule has 0 saturated carbocycles. The second-order valence-corrected chi connectivity index (χ2v) is 5.70. The van der Waals surface area contributed by atoms with E-state index in [0.717, 1.165) is 32.4 Å². The summed E-state index contributed by atoms with van der Waals surface area (Å²) in [5, 5.41) is 12.4. The van der Waals surface area contributed by atoms with Gasteiger partial charge in [-0.3, -0.25) is 9.69 Å². The predicted octanol–water partition coefficient (Wildman–Crippen LogP) is -0.0673. The Kier molecular flexibility index (Phi) is 6.60. The van der Waals surface area contributed by atoms with Gasteiger partial charge >= 0.3 is 0 Å². The molecule has 1 rings (SSSR count). The van der Waals surface area contributed by atoms with Crippen molar-refractivity contribution in [3.8, 4) is 0 Å². The van der Waals surface area contributed by atoms with Gasteiger partial charge in [0.2, 0.25) is 5.91 Å². The first-order valence-electron chi connectivity index (χ1n) is 6.90. The van der Waals surface area contributed by atoms with Gasteiger partial charge in [-0.05, 0) is 25.2 Å². The molecule has 1 unspecified atom stereocenters. The molecule has 5 heteroatoms. The summed E-state index contributed by atoms with van der Waals surface area (Å²) in [5.74, 6) is 0.439. The summed E-state index contributed by atoms with van der Waals surface area (Å²) in [4.78, 5) is 13.8. The average Bonchev–Trinajstić information content (AvgIpc) is 2.29. The molecule has 106 valence electrons. The molecule has 0 aromatic carbocycles. The van der Waals surface area contributed by atoms with Crippen LogP contribution in [0.2, 0.25) is 0 Å². The molecule has 1 amide bonds. The summed E-state index contributed by atoms with van der Waals surface area (Å²) in [6.07, 6.45) is 2.20. The zero-order chi connectivity index (χ0) is 13.5. The fourth-order valence-electron chi connectivity index (χ4n) is 2.23. The summed E-state index contributed by atoms with van der Waals surface area (Å²) < 4.78 is 0. The van der Waals surface area contributed by atoms with Crippen molar-refractivity contribution in [3.05, 3.63) is 0 Å². The van der Waals surface area contributed by atoms with Crippen LogP contribution in [0.15, 0.2) is 0 Å². The maximum absolute atomic E-state index is 11.7. The average molecular weight is 257 g/mol. The van der Waals surface area contributed by atoms with Crippen LogP contribution in [0.5, 0.6) is 0 Å². The molecule has 0 spiro atoms. The SMILES string of the molecule is CC(C)CC(O)CNC(=O)CN1CCC(N)CC1. The number of amides is 1. The van der Waals surface area contributed by atoms with Crippen molar-refractivity contribution in [2.75, 3.05) is 26.2 Å². The van der Waals surface area contributed by atoms with Crippen molar-refractivity contribution in [1.29, 1.82) is 0 Å². The van der Waals surface area contributed by atoms with Crippen LogP contribution >= 0.6 is 0 Å². The Hall–Kier alpha value is -0.650. The van der Waals surface area contributed by atoms with E-state index in [0.29, 0.717) is 19.0 Å². The minimum absolute atomic E-state index is 0.00622. The van der Waals surface area contributed by atoms with Crippen LogP contribution < -0.4 is 11.1 Å². The van der Waals surface area contributed by atoms with E-state index in [9.17, 15) is 9.90 Å². The van der Waals surface area contributed by atoms with Crippen molar-refractivity contribution >= 4 is 5.91 Å². The Balaban J connectivity index is 2.13. The Labute approximate surface area is 110 Å². The van der Waals surface area contributed by atoms with Gasteiger partial charge in [0.05, 0.1) is 12.6 Å². The Morgan fingerprint density at radius 1 is 1.44 bits per heavy atom. The molecule has 4 N–H and O–H groups in total. The first-order valence-corrected chi connectivity index (χ1v) is 6.90. The number of hydrogen-bond acceptors (Lipinski definition) is 4. The highest BCUT2D eigenvalue weighted by Gasteiger charge is 2.18. The first-order chi connectivity index (χ1) is 8.47. The van der Waals surface area contributed by atoms with Gasteiger partial charge in [-0.2, -0.15) is 0 Å². The normalized spacial score (nSPS) is 20.1. The third-order valence-electron chi connectivity index (χ3n) is 3.28. The third-order valence-corrected chi connectivity index (χ3v) is 3.28. The van der Waals surface area contributed by atoms with Gasteiger partial charge in [-0.25, -0.2) is 0 Å². The fourth-order valence-corrected chi connectivity index (χ4v) is 2.23. The Bertz CT molecular complexity index is 251. The number of aliphatic hydroxyl groups is 1. The molecule has 18 heavy (non-hydrogen) atoms. The number of nitrogens with two attached hydrogens (primary N) is 1. The highest BCUT2D eigenvalue weighted by Crippen LogP contribution is 2.07. The fraction of sp³-hybridized carbons (Fsp3) is 0.923. The number of piperidine rings is 1. The highest BCUT2D eigenvalue weighted by atomic mass is 16.3. The van der Waals surface area contributed by atoms with E-state index in [1.807, 2.05) is 0 Å². The number of aliphatic hydroxyl groups excluding tert-OH is 1. The van der Waals surface area contributed by atoms with Crippen LogP contribution in [0.3, 0.4) is 0 Å².